The number of para-hydroxylation sites is 1. The summed E-state index contributed by atoms with van der Waals surface area (Å²) in [4.78, 5) is 24.9. The van der Waals surface area contributed by atoms with Crippen LogP contribution in [0.1, 0.15) is 20.0 Å². The first kappa shape index (κ1) is 15.8. The van der Waals surface area contributed by atoms with Gasteiger partial charge in [-0.15, -0.1) is 11.3 Å². The molecule has 0 aliphatic heterocycles. The molecule has 0 aliphatic rings. The molecule has 6 heteroatoms. The second-order valence-corrected chi connectivity index (χ2v) is 6.01. The lowest BCUT2D eigenvalue weighted by Gasteiger charge is -2.04. The van der Waals surface area contributed by atoms with Gasteiger partial charge in [-0.25, -0.2) is 0 Å². The van der Waals surface area contributed by atoms with Gasteiger partial charge in [0.25, 0.3) is 11.8 Å². The third-order valence-corrected chi connectivity index (χ3v) is 4.19. The predicted molar refractivity (Wildman–Crippen MR) is 97.5 cm³/mol. The summed E-state index contributed by atoms with van der Waals surface area (Å²) in [7, 11) is 0. The Balaban J connectivity index is 1.68. The number of anilines is 3. The zero-order valence-electron chi connectivity index (χ0n) is 12.7. The van der Waals surface area contributed by atoms with Crippen molar-refractivity contribution < 1.29 is 9.59 Å². The maximum absolute atomic E-state index is 12.2. The van der Waals surface area contributed by atoms with E-state index in [1.807, 2.05) is 18.2 Å². The van der Waals surface area contributed by atoms with Crippen LogP contribution in [0.3, 0.4) is 0 Å². The summed E-state index contributed by atoms with van der Waals surface area (Å²) < 4.78 is 0. The van der Waals surface area contributed by atoms with Gasteiger partial charge in [-0.05, 0) is 36.4 Å². The number of rotatable bonds is 4. The molecule has 24 heavy (non-hydrogen) atoms. The van der Waals surface area contributed by atoms with Crippen molar-refractivity contribution in [3.05, 3.63) is 76.5 Å². The second-order valence-electron chi connectivity index (χ2n) is 5.10. The molecule has 0 atom stereocenters. The average molecular weight is 337 g/mol. The largest absolute Gasteiger partial charge is 0.399 e. The average Bonchev–Trinajstić information content (AvgIpc) is 3.06. The van der Waals surface area contributed by atoms with E-state index in [1.54, 1.807) is 47.8 Å². The topological polar surface area (TPSA) is 84.2 Å². The van der Waals surface area contributed by atoms with Crippen LogP contribution >= 0.6 is 11.3 Å². The molecule has 0 saturated heterocycles. The van der Waals surface area contributed by atoms with Gasteiger partial charge in [0.2, 0.25) is 0 Å². The maximum atomic E-state index is 12.2. The zero-order chi connectivity index (χ0) is 16.9. The smallest absolute Gasteiger partial charge is 0.265 e. The molecule has 0 spiro atoms. The molecule has 3 rings (SSSR count). The Morgan fingerprint density at radius 3 is 2.29 bits per heavy atom. The molecule has 0 unspecified atom stereocenters. The van der Waals surface area contributed by atoms with E-state index in [0.717, 1.165) is 0 Å². The van der Waals surface area contributed by atoms with Crippen molar-refractivity contribution in [1.29, 1.82) is 0 Å². The molecule has 0 aliphatic carbocycles. The molecular weight excluding hydrogens is 322 g/mol. The van der Waals surface area contributed by atoms with Crippen LogP contribution in [0.5, 0.6) is 0 Å². The van der Waals surface area contributed by atoms with Crippen LogP contribution < -0.4 is 16.4 Å². The summed E-state index contributed by atoms with van der Waals surface area (Å²) in [5, 5.41) is 7.21. The van der Waals surface area contributed by atoms with E-state index in [1.165, 1.54) is 11.3 Å². The monoisotopic (exact) mass is 337 g/mol. The van der Waals surface area contributed by atoms with Crippen LogP contribution in [0.4, 0.5) is 17.1 Å². The van der Waals surface area contributed by atoms with Gasteiger partial charge in [-0.3, -0.25) is 9.59 Å². The molecule has 0 saturated carbocycles. The number of hydrogen-bond acceptors (Lipinski definition) is 4. The molecule has 1 aromatic heterocycles. The molecule has 2 aromatic carbocycles. The molecule has 1 heterocycles. The minimum Gasteiger partial charge on any atom is -0.399 e. The van der Waals surface area contributed by atoms with Crippen molar-refractivity contribution in [2.45, 2.75) is 0 Å². The summed E-state index contributed by atoms with van der Waals surface area (Å²) in [6, 6.07) is 17.7. The number of thiophene rings is 1. The molecule has 0 bridgehead atoms. The standard InChI is InChI=1S/C18H15N3O2S/c19-13-5-4-8-15(10-13)21-18(23)16-9-12(11-24-16)17(22)20-14-6-2-1-3-7-14/h1-11H,19H2,(H,20,22)(H,21,23). The van der Waals surface area contributed by atoms with Gasteiger partial charge in [0, 0.05) is 22.4 Å². The lowest BCUT2D eigenvalue weighted by atomic mass is 10.2. The quantitative estimate of drug-likeness (QED) is 0.633. The van der Waals surface area contributed by atoms with Gasteiger partial charge in [-0.1, -0.05) is 24.3 Å². The first-order valence-electron chi connectivity index (χ1n) is 7.23. The highest BCUT2D eigenvalue weighted by Crippen LogP contribution is 2.19. The molecule has 3 aromatic rings. The number of carbonyl (C=O) groups excluding carboxylic acids is 2. The van der Waals surface area contributed by atoms with E-state index in [9.17, 15) is 9.59 Å². The predicted octanol–water partition coefficient (Wildman–Crippen LogP) is 3.83. The van der Waals surface area contributed by atoms with Crippen molar-refractivity contribution in [3.8, 4) is 0 Å². The van der Waals surface area contributed by atoms with Gasteiger partial charge >= 0.3 is 0 Å². The second kappa shape index (κ2) is 6.97. The van der Waals surface area contributed by atoms with Gasteiger partial charge < -0.3 is 16.4 Å². The zero-order valence-corrected chi connectivity index (χ0v) is 13.5. The highest BCUT2D eigenvalue weighted by atomic mass is 32.1. The van der Waals surface area contributed by atoms with Crippen LogP contribution in [0.2, 0.25) is 0 Å². The lowest BCUT2D eigenvalue weighted by molar-refractivity contribution is 0.102. The van der Waals surface area contributed by atoms with Crippen molar-refractivity contribution in [1.82, 2.24) is 0 Å². The maximum Gasteiger partial charge on any atom is 0.265 e. The Morgan fingerprint density at radius 2 is 1.54 bits per heavy atom. The van der Waals surface area contributed by atoms with Crippen molar-refractivity contribution in [3.63, 3.8) is 0 Å². The molecular formula is C18H15N3O2S. The highest BCUT2D eigenvalue weighted by molar-refractivity contribution is 7.12. The molecule has 4 N–H and O–H groups in total. The van der Waals surface area contributed by atoms with Crippen molar-refractivity contribution in [2.24, 2.45) is 0 Å². The number of nitrogens with two attached hydrogens (primary N) is 1. The first-order valence-corrected chi connectivity index (χ1v) is 8.11. The van der Waals surface area contributed by atoms with Gasteiger partial charge in [0.15, 0.2) is 0 Å². The van der Waals surface area contributed by atoms with E-state index in [2.05, 4.69) is 10.6 Å². The van der Waals surface area contributed by atoms with Gasteiger partial charge in [0.05, 0.1) is 10.4 Å². The van der Waals surface area contributed by atoms with E-state index >= 15 is 0 Å². The third kappa shape index (κ3) is 3.80. The minimum atomic E-state index is -0.274. The highest BCUT2D eigenvalue weighted by Gasteiger charge is 2.14. The lowest BCUT2D eigenvalue weighted by Crippen LogP contribution is -2.12. The summed E-state index contributed by atoms with van der Waals surface area (Å²) in [5.41, 5.74) is 8.03. The summed E-state index contributed by atoms with van der Waals surface area (Å²) >= 11 is 1.22. The number of amides is 2. The fourth-order valence-corrected chi connectivity index (χ4v) is 2.89. The molecule has 120 valence electrons. The minimum absolute atomic E-state index is 0.250. The number of carbonyl (C=O) groups is 2. The Bertz CT molecular complexity index is 875. The summed E-state index contributed by atoms with van der Waals surface area (Å²) in [6.45, 7) is 0. The summed E-state index contributed by atoms with van der Waals surface area (Å²) in [5.74, 6) is -0.523. The summed E-state index contributed by atoms with van der Waals surface area (Å²) in [6.07, 6.45) is 0. The number of hydrogen-bond donors (Lipinski definition) is 3. The van der Waals surface area contributed by atoms with Crippen molar-refractivity contribution in [2.75, 3.05) is 16.4 Å². The Labute approximate surface area is 143 Å². The SMILES string of the molecule is Nc1cccc(NC(=O)c2cc(C(=O)Nc3ccccc3)cs2)c1. The Hall–Kier alpha value is -3.12. The van der Waals surface area contributed by atoms with E-state index < -0.39 is 0 Å². The van der Waals surface area contributed by atoms with Crippen LogP contribution in [0.15, 0.2) is 66.0 Å². The Kier molecular flexibility index (Phi) is 4.58. The van der Waals surface area contributed by atoms with Crippen LogP contribution in [-0.2, 0) is 0 Å². The normalized spacial score (nSPS) is 10.2. The number of nitrogen functional groups attached to an aromatic ring is 1. The fraction of sp³-hybridized carbons (Fsp3) is 0. The van der Waals surface area contributed by atoms with Crippen LogP contribution in [-0.4, -0.2) is 11.8 Å². The van der Waals surface area contributed by atoms with Gasteiger partial charge in [0.1, 0.15) is 0 Å². The van der Waals surface area contributed by atoms with Gasteiger partial charge in [-0.2, -0.15) is 0 Å². The molecule has 0 fully saturated rings. The van der Waals surface area contributed by atoms with Crippen LogP contribution in [0.25, 0.3) is 0 Å². The molecule has 2 amide bonds. The number of nitrogens with one attached hydrogen (secondary N) is 2. The number of benzene rings is 2. The molecule has 5 nitrogen and oxygen atoms in total. The van der Waals surface area contributed by atoms with Crippen molar-refractivity contribution >= 4 is 40.2 Å². The fourth-order valence-electron chi connectivity index (χ4n) is 2.11. The third-order valence-electron chi connectivity index (χ3n) is 3.26. The molecule has 0 radical (unpaired) electrons. The van der Waals surface area contributed by atoms with E-state index in [-0.39, 0.29) is 11.8 Å². The van der Waals surface area contributed by atoms with Crippen LogP contribution in [0, 0.1) is 0 Å². The van der Waals surface area contributed by atoms with E-state index in [4.69, 9.17) is 5.73 Å². The Morgan fingerprint density at radius 1 is 0.833 bits per heavy atom. The first-order chi connectivity index (χ1) is 11.6. The van der Waals surface area contributed by atoms with E-state index in [0.29, 0.717) is 27.5 Å².